The summed E-state index contributed by atoms with van der Waals surface area (Å²) in [6, 6.07) is 9.02. The first-order valence-corrected chi connectivity index (χ1v) is 6.33. The quantitative estimate of drug-likeness (QED) is 0.586. The van der Waals surface area contributed by atoms with Gasteiger partial charge in [0.1, 0.15) is 0 Å². The average Bonchev–Trinajstić information content (AvgIpc) is 2.27. The predicted molar refractivity (Wildman–Crippen MR) is 63.4 cm³/mol. The van der Waals surface area contributed by atoms with Crippen molar-refractivity contribution in [2.24, 2.45) is 0 Å². The lowest BCUT2D eigenvalue weighted by molar-refractivity contribution is -0.560. The van der Waals surface area contributed by atoms with Gasteiger partial charge in [-0.25, -0.2) is 0 Å². The molecule has 0 bridgehead atoms. The van der Waals surface area contributed by atoms with Crippen LogP contribution in [0.15, 0.2) is 35.2 Å². The fraction of sp³-hybridized carbons (Fsp3) is 0.455. The zero-order valence-corrected chi connectivity index (χ0v) is 10.2. The summed E-state index contributed by atoms with van der Waals surface area (Å²) in [5.74, 6) is 0.317. The molecule has 0 aliphatic rings. The second-order valence-electron chi connectivity index (χ2n) is 4.18. The summed E-state index contributed by atoms with van der Waals surface area (Å²) in [5, 5.41) is 10.7. The molecular weight excluding hydrogens is 226 g/mol. The highest BCUT2D eigenvalue weighted by molar-refractivity contribution is 7.85. The zero-order chi connectivity index (χ0) is 12.2. The first-order valence-electron chi connectivity index (χ1n) is 5.01. The van der Waals surface area contributed by atoms with Gasteiger partial charge in [0.05, 0.1) is 10.8 Å². The summed E-state index contributed by atoms with van der Waals surface area (Å²) < 4.78 is 11.8. The van der Waals surface area contributed by atoms with Crippen LogP contribution in [0.4, 0.5) is 0 Å². The maximum Gasteiger partial charge on any atom is 0.217 e. The molecule has 0 amide bonds. The number of nitro groups is 1. The first kappa shape index (κ1) is 12.8. The van der Waals surface area contributed by atoms with E-state index < -0.39 is 16.3 Å². The lowest BCUT2D eigenvalue weighted by Gasteiger charge is -2.14. The van der Waals surface area contributed by atoms with Crippen molar-refractivity contribution in [3.8, 4) is 0 Å². The standard InChI is InChI=1S/C11H15NO3S/c1-11(2,12(13)14)8-9-16(15)10-6-4-3-5-7-10/h3-7H,8-9H2,1-2H3. The van der Waals surface area contributed by atoms with Gasteiger partial charge in [-0.15, -0.1) is 0 Å². The van der Waals surface area contributed by atoms with Crippen LogP contribution >= 0.6 is 0 Å². The molecule has 1 rings (SSSR count). The highest BCUT2D eigenvalue weighted by Crippen LogP contribution is 2.16. The van der Waals surface area contributed by atoms with E-state index in [0.717, 1.165) is 4.90 Å². The molecule has 0 N–H and O–H groups in total. The van der Waals surface area contributed by atoms with Crippen LogP contribution in [0.25, 0.3) is 0 Å². The molecule has 5 heteroatoms. The molecular formula is C11H15NO3S. The Kier molecular flexibility index (Phi) is 4.18. The van der Waals surface area contributed by atoms with Crippen LogP contribution in [0.1, 0.15) is 20.3 Å². The second-order valence-corrected chi connectivity index (χ2v) is 5.75. The van der Waals surface area contributed by atoms with Gasteiger partial charge in [-0.1, -0.05) is 18.2 Å². The summed E-state index contributed by atoms with van der Waals surface area (Å²) in [7, 11) is -1.15. The third kappa shape index (κ3) is 3.41. The van der Waals surface area contributed by atoms with E-state index in [1.54, 1.807) is 26.0 Å². The largest absolute Gasteiger partial charge is 0.264 e. The molecule has 0 heterocycles. The van der Waals surface area contributed by atoms with Gasteiger partial charge in [-0.3, -0.25) is 14.3 Å². The third-order valence-corrected chi connectivity index (χ3v) is 3.77. The Morgan fingerprint density at radius 1 is 1.31 bits per heavy atom. The van der Waals surface area contributed by atoms with Gasteiger partial charge < -0.3 is 0 Å². The van der Waals surface area contributed by atoms with Crippen LogP contribution < -0.4 is 0 Å². The number of benzene rings is 1. The van der Waals surface area contributed by atoms with E-state index in [1.807, 2.05) is 18.2 Å². The van der Waals surface area contributed by atoms with Crippen LogP contribution in [-0.2, 0) is 10.8 Å². The van der Waals surface area contributed by atoms with E-state index in [4.69, 9.17) is 0 Å². The molecule has 0 radical (unpaired) electrons. The van der Waals surface area contributed by atoms with Crippen LogP contribution in [0.3, 0.4) is 0 Å². The van der Waals surface area contributed by atoms with Crippen molar-refractivity contribution in [2.75, 3.05) is 5.75 Å². The molecule has 1 atom stereocenters. The Labute approximate surface area is 97.3 Å². The normalized spacial score (nSPS) is 13.4. The summed E-state index contributed by atoms with van der Waals surface area (Å²) in [5.41, 5.74) is -1.01. The Morgan fingerprint density at radius 2 is 1.88 bits per heavy atom. The zero-order valence-electron chi connectivity index (χ0n) is 9.38. The fourth-order valence-electron chi connectivity index (χ4n) is 1.12. The molecule has 4 nitrogen and oxygen atoms in total. The van der Waals surface area contributed by atoms with E-state index in [2.05, 4.69) is 0 Å². The van der Waals surface area contributed by atoms with Crippen LogP contribution in [0.2, 0.25) is 0 Å². The highest BCUT2D eigenvalue weighted by atomic mass is 32.2. The van der Waals surface area contributed by atoms with E-state index in [0.29, 0.717) is 12.2 Å². The number of rotatable bonds is 5. The molecule has 1 aromatic rings. The monoisotopic (exact) mass is 241 g/mol. The van der Waals surface area contributed by atoms with Crippen molar-refractivity contribution in [3.63, 3.8) is 0 Å². The van der Waals surface area contributed by atoms with Gasteiger partial charge in [0.2, 0.25) is 5.54 Å². The molecule has 1 aromatic carbocycles. The molecule has 88 valence electrons. The van der Waals surface area contributed by atoms with Crippen molar-refractivity contribution < 1.29 is 9.13 Å². The number of hydrogen-bond donors (Lipinski definition) is 0. The third-order valence-electron chi connectivity index (χ3n) is 2.40. The van der Waals surface area contributed by atoms with E-state index in [1.165, 1.54) is 0 Å². The Hall–Kier alpha value is -1.23. The van der Waals surface area contributed by atoms with Gasteiger partial charge in [-0.2, -0.15) is 0 Å². The lowest BCUT2D eigenvalue weighted by Crippen LogP contribution is -2.32. The van der Waals surface area contributed by atoms with Crippen LogP contribution in [0.5, 0.6) is 0 Å². The summed E-state index contributed by atoms with van der Waals surface area (Å²) in [4.78, 5) is 11.1. The van der Waals surface area contributed by atoms with E-state index >= 15 is 0 Å². The van der Waals surface area contributed by atoms with Crippen molar-refractivity contribution >= 4 is 10.8 Å². The topological polar surface area (TPSA) is 60.2 Å². The number of nitrogens with zero attached hydrogens (tertiary/aromatic N) is 1. The van der Waals surface area contributed by atoms with Crippen LogP contribution in [-0.4, -0.2) is 20.4 Å². The van der Waals surface area contributed by atoms with Gasteiger partial charge in [-0.05, 0) is 12.1 Å². The van der Waals surface area contributed by atoms with Crippen molar-refractivity contribution in [1.29, 1.82) is 0 Å². The first-order chi connectivity index (χ1) is 7.43. The Morgan fingerprint density at radius 3 is 2.38 bits per heavy atom. The van der Waals surface area contributed by atoms with Gasteiger partial charge >= 0.3 is 0 Å². The predicted octanol–water partition coefficient (Wildman–Crippen LogP) is 2.24. The molecule has 1 unspecified atom stereocenters. The molecule has 0 saturated heterocycles. The second kappa shape index (κ2) is 5.21. The molecule has 0 saturated carbocycles. The Bertz CT molecular complexity index is 389. The van der Waals surface area contributed by atoms with E-state index in [9.17, 15) is 14.3 Å². The van der Waals surface area contributed by atoms with Crippen molar-refractivity contribution in [1.82, 2.24) is 0 Å². The fourth-order valence-corrected chi connectivity index (χ4v) is 2.51. The molecule has 16 heavy (non-hydrogen) atoms. The molecule has 0 aliphatic carbocycles. The molecule has 0 fully saturated rings. The molecule has 0 aromatic heterocycles. The van der Waals surface area contributed by atoms with E-state index in [-0.39, 0.29) is 4.92 Å². The van der Waals surface area contributed by atoms with Gasteiger partial charge in [0.25, 0.3) is 0 Å². The highest BCUT2D eigenvalue weighted by Gasteiger charge is 2.30. The summed E-state index contributed by atoms with van der Waals surface area (Å²) in [6.45, 7) is 3.10. The van der Waals surface area contributed by atoms with Crippen LogP contribution in [0, 0.1) is 10.1 Å². The summed E-state index contributed by atoms with van der Waals surface area (Å²) >= 11 is 0. The molecule has 0 spiro atoms. The Balaban J connectivity index is 2.58. The summed E-state index contributed by atoms with van der Waals surface area (Å²) in [6.07, 6.45) is 0.307. The van der Waals surface area contributed by atoms with Crippen molar-refractivity contribution in [3.05, 3.63) is 40.4 Å². The maximum atomic E-state index is 11.8. The lowest BCUT2D eigenvalue weighted by atomic mass is 10.0. The average molecular weight is 241 g/mol. The number of hydrogen-bond acceptors (Lipinski definition) is 3. The van der Waals surface area contributed by atoms with Gasteiger partial charge in [0, 0.05) is 35.8 Å². The maximum absolute atomic E-state index is 11.8. The minimum Gasteiger partial charge on any atom is -0.264 e. The molecule has 0 aliphatic heterocycles. The van der Waals surface area contributed by atoms with Gasteiger partial charge in [0.15, 0.2) is 0 Å². The smallest absolute Gasteiger partial charge is 0.217 e. The minimum absolute atomic E-state index is 0.307. The minimum atomic E-state index is -1.15. The SMILES string of the molecule is CC(C)(CCS(=O)c1ccccc1)[N+](=O)[O-]. The van der Waals surface area contributed by atoms with Crippen molar-refractivity contribution in [2.45, 2.75) is 30.7 Å².